The molecule has 1 fully saturated rings. The molecule has 1 saturated heterocycles. The molecule has 0 bridgehead atoms. The molecule has 3 rings (SSSR count). The smallest absolute Gasteiger partial charge is 0.100 e. The Labute approximate surface area is 124 Å². The number of benzene rings is 1. The molecular formula is C17H18N2O2. The van der Waals surface area contributed by atoms with Gasteiger partial charge in [0.2, 0.25) is 0 Å². The van der Waals surface area contributed by atoms with Gasteiger partial charge in [0.05, 0.1) is 32.1 Å². The number of nitrogens with zero attached hydrogens (tertiary/aromatic N) is 2. The van der Waals surface area contributed by atoms with Crippen molar-refractivity contribution in [1.29, 1.82) is 0 Å². The summed E-state index contributed by atoms with van der Waals surface area (Å²) in [6.45, 7) is 4.70. The van der Waals surface area contributed by atoms with Crippen LogP contribution in [0.5, 0.6) is 0 Å². The number of aromatic nitrogens is 2. The van der Waals surface area contributed by atoms with Crippen LogP contribution in [0.25, 0.3) is 11.3 Å². The van der Waals surface area contributed by atoms with Gasteiger partial charge in [-0.1, -0.05) is 12.0 Å². The first-order valence-corrected chi connectivity index (χ1v) is 7.06. The summed E-state index contributed by atoms with van der Waals surface area (Å²) in [4.78, 5) is 0. The van der Waals surface area contributed by atoms with Crippen molar-refractivity contribution in [1.82, 2.24) is 9.78 Å². The topological polar surface area (TPSA) is 36.3 Å². The second-order valence-electron chi connectivity index (χ2n) is 5.16. The highest BCUT2D eigenvalue weighted by Gasteiger charge is 2.15. The fourth-order valence-corrected chi connectivity index (χ4v) is 2.45. The van der Waals surface area contributed by atoms with Gasteiger partial charge in [-0.15, -0.1) is 6.42 Å². The molecule has 0 aliphatic carbocycles. The van der Waals surface area contributed by atoms with E-state index in [9.17, 15) is 0 Å². The van der Waals surface area contributed by atoms with Gasteiger partial charge in [-0.25, -0.2) is 0 Å². The van der Waals surface area contributed by atoms with Crippen LogP contribution in [-0.2, 0) is 16.0 Å². The summed E-state index contributed by atoms with van der Waals surface area (Å²) >= 11 is 0. The van der Waals surface area contributed by atoms with Gasteiger partial charge in [0.25, 0.3) is 0 Å². The molecule has 0 radical (unpaired) electrons. The summed E-state index contributed by atoms with van der Waals surface area (Å²) in [5.74, 6) is 2.68. The Morgan fingerprint density at radius 3 is 3.00 bits per heavy atom. The number of hydrogen-bond acceptors (Lipinski definition) is 3. The summed E-state index contributed by atoms with van der Waals surface area (Å²) < 4.78 is 12.9. The molecular weight excluding hydrogens is 264 g/mol. The van der Waals surface area contributed by atoms with Crippen LogP contribution in [0, 0.1) is 19.3 Å². The first-order valence-electron chi connectivity index (χ1n) is 7.06. The van der Waals surface area contributed by atoms with E-state index in [1.54, 1.807) is 0 Å². The number of terminal acetylenes is 1. The van der Waals surface area contributed by atoms with Gasteiger partial charge in [-0.3, -0.25) is 4.68 Å². The molecule has 1 aliphatic rings. The van der Waals surface area contributed by atoms with Crippen LogP contribution in [0.15, 0.2) is 30.5 Å². The Kier molecular flexibility index (Phi) is 4.05. The first-order chi connectivity index (χ1) is 10.3. The van der Waals surface area contributed by atoms with E-state index in [4.69, 9.17) is 15.9 Å². The Morgan fingerprint density at radius 2 is 2.29 bits per heavy atom. The maximum atomic E-state index is 5.64. The van der Waals surface area contributed by atoms with Crippen LogP contribution in [0.2, 0.25) is 0 Å². The highest BCUT2D eigenvalue weighted by atomic mass is 16.6. The Morgan fingerprint density at radius 1 is 1.38 bits per heavy atom. The average molecular weight is 282 g/mol. The minimum absolute atomic E-state index is 0.0806. The van der Waals surface area contributed by atoms with Crippen LogP contribution in [-0.4, -0.2) is 35.7 Å². The maximum absolute atomic E-state index is 5.64. The van der Waals surface area contributed by atoms with E-state index in [-0.39, 0.29) is 6.10 Å². The largest absolute Gasteiger partial charge is 0.376 e. The standard InChI is InChI=1S/C17H18N2O2/c1-3-14-4-5-15(10-13(14)2)17-6-7-19(18-17)11-16-12-20-8-9-21-16/h1,4-7,10,16H,8-9,11-12H2,2H3/t16-/m0/s1. The molecule has 4 heteroatoms. The molecule has 0 saturated carbocycles. The van der Waals surface area contributed by atoms with Crippen molar-refractivity contribution >= 4 is 0 Å². The van der Waals surface area contributed by atoms with E-state index in [1.807, 2.05) is 36.0 Å². The van der Waals surface area contributed by atoms with Gasteiger partial charge in [0, 0.05) is 17.3 Å². The van der Waals surface area contributed by atoms with E-state index in [2.05, 4.69) is 17.1 Å². The van der Waals surface area contributed by atoms with Gasteiger partial charge >= 0.3 is 0 Å². The number of hydrogen-bond donors (Lipinski definition) is 0. The molecule has 21 heavy (non-hydrogen) atoms. The molecule has 1 aromatic heterocycles. The monoisotopic (exact) mass is 282 g/mol. The van der Waals surface area contributed by atoms with Crippen molar-refractivity contribution in [3.05, 3.63) is 41.6 Å². The zero-order chi connectivity index (χ0) is 14.7. The molecule has 1 aliphatic heterocycles. The average Bonchev–Trinajstić information content (AvgIpc) is 2.97. The number of rotatable bonds is 3. The molecule has 1 aromatic carbocycles. The first kappa shape index (κ1) is 13.9. The minimum atomic E-state index is 0.0806. The second kappa shape index (κ2) is 6.13. The lowest BCUT2D eigenvalue weighted by Gasteiger charge is -2.22. The van der Waals surface area contributed by atoms with Crippen LogP contribution >= 0.6 is 0 Å². The summed E-state index contributed by atoms with van der Waals surface area (Å²) in [6.07, 6.45) is 7.50. The highest BCUT2D eigenvalue weighted by molar-refractivity contribution is 5.61. The van der Waals surface area contributed by atoms with Gasteiger partial charge in [0.15, 0.2) is 0 Å². The quantitative estimate of drug-likeness (QED) is 0.810. The molecule has 2 aromatic rings. The molecule has 108 valence electrons. The maximum Gasteiger partial charge on any atom is 0.100 e. The zero-order valence-corrected chi connectivity index (χ0v) is 12.1. The predicted molar refractivity (Wildman–Crippen MR) is 80.9 cm³/mol. The third-order valence-electron chi connectivity index (χ3n) is 3.59. The number of aryl methyl sites for hydroxylation is 1. The van der Waals surface area contributed by atoms with Crippen LogP contribution in [0.4, 0.5) is 0 Å². The summed E-state index contributed by atoms with van der Waals surface area (Å²) in [5, 5.41) is 4.60. The lowest BCUT2D eigenvalue weighted by molar-refractivity contribution is -0.0946. The van der Waals surface area contributed by atoms with Crippen molar-refractivity contribution < 1.29 is 9.47 Å². The predicted octanol–water partition coefficient (Wildman–Crippen LogP) is 2.26. The molecule has 0 N–H and O–H groups in total. The lowest BCUT2D eigenvalue weighted by atomic mass is 10.0. The lowest BCUT2D eigenvalue weighted by Crippen LogP contribution is -2.32. The molecule has 2 heterocycles. The van der Waals surface area contributed by atoms with Gasteiger partial charge < -0.3 is 9.47 Å². The van der Waals surface area contributed by atoms with E-state index >= 15 is 0 Å². The Hall–Kier alpha value is -2.09. The Balaban J connectivity index is 1.75. The fraction of sp³-hybridized carbons (Fsp3) is 0.353. The van der Waals surface area contributed by atoms with E-state index in [0.717, 1.165) is 22.4 Å². The van der Waals surface area contributed by atoms with Crippen molar-refractivity contribution in [3.63, 3.8) is 0 Å². The fourth-order valence-electron chi connectivity index (χ4n) is 2.45. The van der Waals surface area contributed by atoms with Crippen molar-refractivity contribution in [2.45, 2.75) is 19.6 Å². The van der Waals surface area contributed by atoms with Gasteiger partial charge in [0.1, 0.15) is 6.10 Å². The molecule has 0 unspecified atom stereocenters. The molecule has 0 spiro atoms. The van der Waals surface area contributed by atoms with Crippen LogP contribution in [0.3, 0.4) is 0 Å². The molecule has 4 nitrogen and oxygen atoms in total. The van der Waals surface area contributed by atoms with Gasteiger partial charge in [-0.05, 0) is 30.7 Å². The normalized spacial score (nSPS) is 18.4. The highest BCUT2D eigenvalue weighted by Crippen LogP contribution is 2.20. The third kappa shape index (κ3) is 3.15. The van der Waals surface area contributed by atoms with Gasteiger partial charge in [-0.2, -0.15) is 5.10 Å². The molecule has 0 amide bonds. The summed E-state index contributed by atoms with van der Waals surface area (Å²) in [6, 6.07) is 8.05. The minimum Gasteiger partial charge on any atom is -0.376 e. The van der Waals surface area contributed by atoms with E-state index in [0.29, 0.717) is 26.4 Å². The third-order valence-corrected chi connectivity index (χ3v) is 3.59. The van der Waals surface area contributed by atoms with Crippen LogP contribution in [0.1, 0.15) is 11.1 Å². The second-order valence-corrected chi connectivity index (χ2v) is 5.16. The SMILES string of the molecule is C#Cc1ccc(-c2ccn(C[C@H]3COCCO3)n2)cc1C. The van der Waals surface area contributed by atoms with E-state index in [1.165, 1.54) is 0 Å². The van der Waals surface area contributed by atoms with Crippen LogP contribution < -0.4 is 0 Å². The molecule has 1 atom stereocenters. The van der Waals surface area contributed by atoms with Crippen molar-refractivity contribution in [3.8, 4) is 23.6 Å². The summed E-state index contributed by atoms with van der Waals surface area (Å²) in [5.41, 5.74) is 4.03. The zero-order valence-electron chi connectivity index (χ0n) is 12.1. The number of ether oxygens (including phenoxy) is 2. The van der Waals surface area contributed by atoms with Crippen molar-refractivity contribution in [2.24, 2.45) is 0 Å². The Bertz CT molecular complexity index is 664. The van der Waals surface area contributed by atoms with E-state index < -0.39 is 0 Å². The van der Waals surface area contributed by atoms with Crippen molar-refractivity contribution in [2.75, 3.05) is 19.8 Å². The summed E-state index contributed by atoms with van der Waals surface area (Å²) in [7, 11) is 0.